The van der Waals surface area contributed by atoms with Crippen molar-refractivity contribution in [1.82, 2.24) is 4.72 Å². The third-order valence-corrected chi connectivity index (χ3v) is 5.97. The molecule has 1 saturated carbocycles. The Morgan fingerprint density at radius 2 is 1.75 bits per heavy atom. The lowest BCUT2D eigenvalue weighted by atomic mass is 10.0. The molecule has 128 valence electrons. The van der Waals surface area contributed by atoms with E-state index in [0.717, 1.165) is 29.7 Å². The normalized spacial score (nSPS) is 16.5. The maximum atomic E-state index is 12.2. The fraction of sp³-hybridized carbons (Fsp3) is 0.278. The number of hydrogen-bond acceptors (Lipinski definition) is 4. The third kappa shape index (κ3) is 3.47. The molecule has 1 amide bonds. The molecular weight excluding hydrogens is 324 g/mol. The number of rotatable bonds is 5. The van der Waals surface area contributed by atoms with E-state index >= 15 is 0 Å². The Morgan fingerprint density at radius 3 is 2.33 bits per heavy atom. The zero-order chi connectivity index (χ0) is 17.4. The van der Waals surface area contributed by atoms with E-state index < -0.39 is 10.8 Å². The molecule has 1 aliphatic carbocycles. The lowest BCUT2D eigenvalue weighted by Gasteiger charge is -2.31. The summed E-state index contributed by atoms with van der Waals surface area (Å²) < 4.78 is 22.2. The number of carbonyl (C=O) groups is 1. The zero-order valence-electron chi connectivity index (χ0n) is 13.7. The lowest BCUT2D eigenvalue weighted by Crippen LogP contribution is -2.21. The maximum absolute atomic E-state index is 12.2. The fourth-order valence-corrected chi connectivity index (χ4v) is 3.18. The van der Waals surface area contributed by atoms with Gasteiger partial charge in [-0.25, -0.2) is 4.72 Å². The third-order valence-electron chi connectivity index (χ3n) is 4.47. The summed E-state index contributed by atoms with van der Waals surface area (Å²) in [6.07, 6.45) is 1.88. The standard InChI is InChI=1S/C18H22N2O3S/c1-18(10-11-18)17(21)20-15-5-3-4-14(12-15)13-6-8-16(9-7-13)24(22,23)19-2/h3-9,12,19,22-23H,10-11H2,1-2H3,(H,20,21). The van der Waals surface area contributed by atoms with E-state index in [1.165, 1.54) is 7.05 Å². The fourth-order valence-electron chi connectivity index (χ4n) is 2.43. The molecule has 5 nitrogen and oxygen atoms in total. The molecule has 0 atom stereocenters. The van der Waals surface area contributed by atoms with Gasteiger partial charge in [-0.3, -0.25) is 13.9 Å². The molecule has 0 unspecified atom stereocenters. The first-order chi connectivity index (χ1) is 11.3. The number of carbonyl (C=O) groups excluding carboxylic acids is 1. The van der Waals surface area contributed by atoms with E-state index in [1.54, 1.807) is 12.1 Å². The molecule has 2 aromatic rings. The van der Waals surface area contributed by atoms with Crippen molar-refractivity contribution in [3.05, 3.63) is 48.5 Å². The van der Waals surface area contributed by atoms with Crippen LogP contribution in [0.3, 0.4) is 0 Å². The van der Waals surface area contributed by atoms with Gasteiger partial charge >= 0.3 is 0 Å². The van der Waals surface area contributed by atoms with Gasteiger partial charge in [0.15, 0.2) is 0 Å². The maximum Gasteiger partial charge on any atom is 0.230 e. The van der Waals surface area contributed by atoms with E-state index in [2.05, 4.69) is 10.0 Å². The van der Waals surface area contributed by atoms with Gasteiger partial charge in [0, 0.05) is 18.2 Å². The van der Waals surface area contributed by atoms with E-state index in [4.69, 9.17) is 0 Å². The second-order valence-electron chi connectivity index (χ2n) is 6.37. The molecule has 2 aromatic carbocycles. The minimum Gasteiger partial charge on any atom is -0.326 e. The number of anilines is 1. The van der Waals surface area contributed by atoms with Crippen LogP contribution in [0.5, 0.6) is 0 Å². The van der Waals surface area contributed by atoms with Gasteiger partial charge in [0.25, 0.3) is 0 Å². The van der Waals surface area contributed by atoms with Crippen LogP contribution in [0.4, 0.5) is 5.69 Å². The van der Waals surface area contributed by atoms with Crippen LogP contribution in [0.25, 0.3) is 11.1 Å². The summed E-state index contributed by atoms with van der Waals surface area (Å²) in [5.74, 6) is 0.0676. The van der Waals surface area contributed by atoms with Gasteiger partial charge in [-0.05, 0) is 48.2 Å². The Hall–Kier alpha value is -1.86. The van der Waals surface area contributed by atoms with Crippen LogP contribution in [-0.4, -0.2) is 22.1 Å². The SMILES string of the molecule is CNS(O)(O)c1ccc(-c2cccc(NC(=O)C3(C)CC3)c2)cc1. The van der Waals surface area contributed by atoms with Crippen LogP contribution in [0.15, 0.2) is 53.4 Å². The molecule has 24 heavy (non-hydrogen) atoms. The first-order valence-electron chi connectivity index (χ1n) is 7.83. The molecule has 1 fully saturated rings. The Labute approximate surface area is 143 Å². The lowest BCUT2D eigenvalue weighted by molar-refractivity contribution is -0.120. The summed E-state index contributed by atoms with van der Waals surface area (Å²) in [6.45, 7) is 1.98. The molecule has 0 radical (unpaired) electrons. The highest BCUT2D eigenvalue weighted by Gasteiger charge is 2.44. The molecule has 0 aromatic heterocycles. The summed E-state index contributed by atoms with van der Waals surface area (Å²) in [7, 11) is -1.43. The molecule has 4 N–H and O–H groups in total. The molecule has 1 aliphatic rings. The Kier molecular flexibility index (Phi) is 4.40. The number of hydrogen-bond donors (Lipinski definition) is 4. The molecule has 0 heterocycles. The van der Waals surface area contributed by atoms with Gasteiger partial charge in [-0.2, -0.15) is 0 Å². The average Bonchev–Trinajstić information content (AvgIpc) is 3.34. The van der Waals surface area contributed by atoms with Gasteiger partial charge in [0.05, 0.1) is 4.90 Å². The minimum absolute atomic E-state index is 0.0676. The van der Waals surface area contributed by atoms with Crippen LogP contribution >= 0.6 is 10.8 Å². The highest BCUT2D eigenvalue weighted by Crippen LogP contribution is 2.46. The summed E-state index contributed by atoms with van der Waals surface area (Å²) in [4.78, 5) is 12.6. The van der Waals surface area contributed by atoms with E-state index in [1.807, 2.05) is 43.3 Å². The van der Waals surface area contributed by atoms with Crippen LogP contribution in [0.1, 0.15) is 19.8 Å². The predicted octanol–water partition coefficient (Wildman–Crippen LogP) is 4.34. The van der Waals surface area contributed by atoms with Crippen molar-refractivity contribution in [3.63, 3.8) is 0 Å². The van der Waals surface area contributed by atoms with E-state index in [9.17, 15) is 13.9 Å². The van der Waals surface area contributed by atoms with Crippen LogP contribution in [0, 0.1) is 5.41 Å². The Morgan fingerprint density at radius 1 is 1.08 bits per heavy atom. The summed E-state index contributed by atoms with van der Waals surface area (Å²) in [5, 5.41) is 2.97. The van der Waals surface area contributed by atoms with Gasteiger partial charge < -0.3 is 5.32 Å². The first kappa shape index (κ1) is 17.0. The molecule has 3 rings (SSSR count). The van der Waals surface area contributed by atoms with Crippen molar-refractivity contribution in [2.45, 2.75) is 24.7 Å². The van der Waals surface area contributed by atoms with Crippen LogP contribution in [-0.2, 0) is 4.79 Å². The number of nitrogens with one attached hydrogen (secondary N) is 2. The van der Waals surface area contributed by atoms with Crippen molar-refractivity contribution in [2.75, 3.05) is 12.4 Å². The molecule has 0 spiro atoms. The summed E-state index contributed by atoms with van der Waals surface area (Å²) in [6, 6.07) is 14.7. The van der Waals surface area contributed by atoms with Gasteiger partial charge in [0.1, 0.15) is 0 Å². The van der Waals surface area contributed by atoms with Crippen molar-refractivity contribution >= 4 is 22.4 Å². The van der Waals surface area contributed by atoms with Crippen molar-refractivity contribution in [3.8, 4) is 11.1 Å². The quantitative estimate of drug-likeness (QED) is 0.649. The monoisotopic (exact) mass is 346 g/mol. The summed E-state index contributed by atoms with van der Waals surface area (Å²) >= 11 is 0. The Bertz CT molecular complexity index is 755. The van der Waals surface area contributed by atoms with Crippen LogP contribution < -0.4 is 10.0 Å². The average molecular weight is 346 g/mol. The van der Waals surface area contributed by atoms with E-state index in [0.29, 0.717) is 4.90 Å². The van der Waals surface area contributed by atoms with Gasteiger partial charge in [-0.1, -0.05) is 31.2 Å². The topological polar surface area (TPSA) is 81.6 Å². The second-order valence-corrected chi connectivity index (χ2v) is 8.35. The number of benzene rings is 2. The molecule has 0 bridgehead atoms. The second kappa shape index (κ2) is 6.22. The molecular formula is C18H22N2O3S. The molecule has 0 aliphatic heterocycles. The summed E-state index contributed by atoms with van der Waals surface area (Å²) in [5.41, 5.74) is 2.47. The molecule has 6 heteroatoms. The Balaban J connectivity index is 1.80. The largest absolute Gasteiger partial charge is 0.326 e. The highest BCUT2D eigenvalue weighted by atomic mass is 32.3. The van der Waals surface area contributed by atoms with Crippen molar-refractivity contribution in [1.29, 1.82) is 0 Å². The zero-order valence-corrected chi connectivity index (χ0v) is 14.6. The van der Waals surface area contributed by atoms with Gasteiger partial charge in [0.2, 0.25) is 5.91 Å². The van der Waals surface area contributed by atoms with Crippen LogP contribution in [0.2, 0.25) is 0 Å². The highest BCUT2D eigenvalue weighted by molar-refractivity contribution is 8.22. The first-order valence-corrected chi connectivity index (χ1v) is 9.37. The minimum atomic E-state index is -2.94. The van der Waals surface area contributed by atoms with Crippen molar-refractivity contribution in [2.24, 2.45) is 5.41 Å². The van der Waals surface area contributed by atoms with Crippen molar-refractivity contribution < 1.29 is 13.9 Å². The van der Waals surface area contributed by atoms with E-state index in [-0.39, 0.29) is 11.3 Å². The number of amides is 1. The molecule has 0 saturated heterocycles. The van der Waals surface area contributed by atoms with Gasteiger partial charge in [-0.15, -0.1) is 10.8 Å². The predicted molar refractivity (Wildman–Crippen MR) is 98.0 cm³/mol. The smallest absolute Gasteiger partial charge is 0.230 e.